The van der Waals surface area contributed by atoms with Crippen LogP contribution in [-0.2, 0) is 15.9 Å². The van der Waals surface area contributed by atoms with Crippen molar-refractivity contribution in [2.24, 2.45) is 0 Å². The number of aromatic nitrogens is 2. The predicted octanol–water partition coefficient (Wildman–Crippen LogP) is 5.72. The Kier molecular flexibility index (Phi) is 9.03. The van der Waals surface area contributed by atoms with Crippen molar-refractivity contribution in [2.75, 3.05) is 13.2 Å². The molecular weight excluding hydrogens is 452 g/mol. The fourth-order valence-corrected chi connectivity index (χ4v) is 4.91. The van der Waals surface area contributed by atoms with Gasteiger partial charge in [0.05, 0.1) is 18.9 Å². The van der Waals surface area contributed by atoms with Gasteiger partial charge in [-0.05, 0) is 55.7 Å². The molecule has 0 radical (unpaired) electrons. The van der Waals surface area contributed by atoms with Crippen LogP contribution in [0.25, 0.3) is 0 Å². The molecule has 1 aromatic carbocycles. The van der Waals surface area contributed by atoms with Gasteiger partial charge in [0.25, 0.3) is 5.56 Å². The summed E-state index contributed by atoms with van der Waals surface area (Å²) in [5.41, 5.74) is 3.54. The predicted molar refractivity (Wildman–Crippen MR) is 139 cm³/mol. The highest BCUT2D eigenvalue weighted by molar-refractivity contribution is 7.71. The summed E-state index contributed by atoms with van der Waals surface area (Å²) in [5, 5.41) is 11.5. The van der Waals surface area contributed by atoms with Crippen LogP contribution in [-0.4, -0.2) is 36.2 Å². The number of rotatable bonds is 9. The molecule has 0 saturated heterocycles. The van der Waals surface area contributed by atoms with E-state index in [1.807, 2.05) is 39.8 Å². The molecule has 1 heterocycles. The first kappa shape index (κ1) is 27.7. The van der Waals surface area contributed by atoms with E-state index in [1.165, 1.54) is 0 Å². The van der Waals surface area contributed by atoms with Crippen LogP contribution in [0.1, 0.15) is 74.6 Å². The minimum Gasteiger partial charge on any atom is -0.414 e. The lowest BCUT2D eigenvalue weighted by Gasteiger charge is -2.36. The molecule has 0 aliphatic rings. The molecule has 2 N–H and O–H groups in total. The lowest BCUT2D eigenvalue weighted by atomic mass is 9.94. The Morgan fingerprint density at radius 1 is 1.12 bits per heavy atom. The van der Waals surface area contributed by atoms with E-state index in [0.29, 0.717) is 24.5 Å². The molecule has 33 heavy (non-hydrogen) atoms. The largest absolute Gasteiger partial charge is 0.414 e. The molecule has 0 aliphatic carbocycles. The number of benzene rings is 1. The average molecular weight is 493 g/mol. The van der Waals surface area contributed by atoms with Crippen molar-refractivity contribution < 1.29 is 14.3 Å². The molecule has 1 aromatic heterocycles. The third kappa shape index (κ3) is 6.73. The van der Waals surface area contributed by atoms with E-state index in [-0.39, 0.29) is 28.0 Å². The molecule has 2 rings (SSSR count). The van der Waals surface area contributed by atoms with Crippen molar-refractivity contribution in [1.82, 2.24) is 9.55 Å². The summed E-state index contributed by atoms with van der Waals surface area (Å²) in [6.45, 7) is 19.9. The van der Waals surface area contributed by atoms with Gasteiger partial charge < -0.3 is 14.3 Å². The lowest BCUT2D eigenvalue weighted by molar-refractivity contribution is 0.0437. The fourth-order valence-electron chi connectivity index (χ4n) is 3.64. The molecule has 1 unspecified atom stereocenters. The molecule has 0 spiro atoms. The number of nitrogens with zero attached hydrogens (tertiary/aromatic N) is 1. The molecule has 2 aromatic rings. The number of hydrogen-bond donors (Lipinski definition) is 2. The smallest absolute Gasteiger partial charge is 0.255 e. The van der Waals surface area contributed by atoms with Gasteiger partial charge in [-0.15, -0.1) is 0 Å². The van der Waals surface area contributed by atoms with Crippen molar-refractivity contribution in [3.8, 4) is 0 Å². The Balaban J connectivity index is 2.36. The monoisotopic (exact) mass is 492 g/mol. The van der Waals surface area contributed by atoms with E-state index in [2.05, 4.69) is 44.9 Å². The number of nitrogens with one attached hydrogen (secondary N) is 1. The zero-order chi connectivity index (χ0) is 25.1. The van der Waals surface area contributed by atoms with Gasteiger partial charge in [0.2, 0.25) is 0 Å². The topological polar surface area (TPSA) is 76.5 Å². The van der Waals surface area contributed by atoms with E-state index in [1.54, 1.807) is 4.57 Å². The van der Waals surface area contributed by atoms with Crippen molar-refractivity contribution in [2.45, 2.75) is 85.4 Å². The van der Waals surface area contributed by atoms with Crippen LogP contribution in [0.4, 0.5) is 0 Å². The highest BCUT2D eigenvalue weighted by Gasteiger charge is 2.36. The highest BCUT2D eigenvalue weighted by Crippen LogP contribution is 2.36. The van der Waals surface area contributed by atoms with Crippen LogP contribution in [0.5, 0.6) is 0 Å². The number of H-pyrrole nitrogens is 1. The summed E-state index contributed by atoms with van der Waals surface area (Å²) < 4.78 is 14.0. The number of aromatic amines is 1. The first-order valence-electron chi connectivity index (χ1n) is 11.5. The van der Waals surface area contributed by atoms with Gasteiger partial charge in [0.1, 0.15) is 12.8 Å². The Hall–Kier alpha value is -1.58. The third-order valence-electron chi connectivity index (χ3n) is 6.39. The summed E-state index contributed by atoms with van der Waals surface area (Å²) >= 11 is 5.47. The molecule has 0 aliphatic heterocycles. The van der Waals surface area contributed by atoms with Gasteiger partial charge in [-0.3, -0.25) is 14.3 Å². The second kappa shape index (κ2) is 10.8. The zero-order valence-electron chi connectivity index (χ0n) is 21.5. The number of hydrogen-bond acceptors (Lipinski definition) is 5. The standard InChI is InChI=1S/C25H40N2O4SSi/c1-16(2)20-21(22(28)19-13-17(3)12-18(4)14-19)27(24(32)26-23(20)29)15-30-10-11-31-33(8,9)25(5,6)7/h12-14,16,22,28H,10-11,15H2,1-9H3,(H,26,29,32). The van der Waals surface area contributed by atoms with Gasteiger partial charge in [0, 0.05) is 5.56 Å². The zero-order valence-corrected chi connectivity index (χ0v) is 23.4. The highest BCUT2D eigenvalue weighted by atomic mass is 32.1. The van der Waals surface area contributed by atoms with Crippen LogP contribution in [0.15, 0.2) is 23.0 Å². The normalized spacial score (nSPS) is 13.5. The summed E-state index contributed by atoms with van der Waals surface area (Å²) in [6.07, 6.45) is -1.00. The first-order chi connectivity index (χ1) is 15.2. The molecule has 184 valence electrons. The maximum atomic E-state index is 12.8. The van der Waals surface area contributed by atoms with Gasteiger partial charge in [-0.1, -0.05) is 63.9 Å². The maximum Gasteiger partial charge on any atom is 0.255 e. The second-order valence-electron chi connectivity index (χ2n) is 10.6. The van der Waals surface area contributed by atoms with Gasteiger partial charge in [-0.2, -0.15) is 0 Å². The number of aliphatic hydroxyl groups is 1. The molecule has 0 fully saturated rings. The van der Waals surface area contributed by atoms with Gasteiger partial charge >= 0.3 is 0 Å². The Morgan fingerprint density at radius 2 is 1.70 bits per heavy atom. The maximum absolute atomic E-state index is 12.8. The van der Waals surface area contributed by atoms with E-state index < -0.39 is 14.4 Å². The Morgan fingerprint density at radius 3 is 2.21 bits per heavy atom. The van der Waals surface area contributed by atoms with Crippen molar-refractivity contribution in [3.05, 3.63) is 61.3 Å². The van der Waals surface area contributed by atoms with Crippen LogP contribution >= 0.6 is 12.2 Å². The van der Waals surface area contributed by atoms with Crippen LogP contribution < -0.4 is 5.56 Å². The average Bonchev–Trinajstić information content (AvgIpc) is 2.66. The molecular formula is C25H40N2O4SSi. The summed E-state index contributed by atoms with van der Waals surface area (Å²) in [5.74, 6) is -0.104. The molecule has 8 heteroatoms. The van der Waals surface area contributed by atoms with Crippen molar-refractivity contribution in [3.63, 3.8) is 0 Å². The molecule has 0 saturated carbocycles. The number of ether oxygens (including phenoxy) is 1. The lowest BCUT2D eigenvalue weighted by Crippen LogP contribution is -2.41. The van der Waals surface area contributed by atoms with E-state index in [0.717, 1.165) is 16.7 Å². The van der Waals surface area contributed by atoms with Crippen molar-refractivity contribution >= 4 is 20.5 Å². The first-order valence-corrected chi connectivity index (χ1v) is 14.8. The summed E-state index contributed by atoms with van der Waals surface area (Å²) in [4.78, 5) is 15.6. The Bertz CT molecular complexity index is 1060. The van der Waals surface area contributed by atoms with E-state index >= 15 is 0 Å². The van der Waals surface area contributed by atoms with E-state index in [9.17, 15) is 9.90 Å². The quantitative estimate of drug-likeness (QED) is 0.266. The minimum absolute atomic E-state index is 0.104. The fraction of sp³-hybridized carbons (Fsp3) is 0.600. The van der Waals surface area contributed by atoms with Crippen molar-refractivity contribution in [1.29, 1.82) is 0 Å². The number of aliphatic hydroxyl groups excluding tert-OH is 1. The van der Waals surface area contributed by atoms with Gasteiger partial charge in [-0.25, -0.2) is 0 Å². The SMILES string of the molecule is Cc1cc(C)cc(C(O)c2c(C(C)C)c(=O)[nH]c(=S)n2COCCO[Si](C)(C)C(C)(C)C)c1. The van der Waals surface area contributed by atoms with Crippen LogP contribution in [0.3, 0.4) is 0 Å². The number of aryl methyl sites for hydroxylation is 2. The third-order valence-corrected chi connectivity index (χ3v) is 11.3. The van der Waals surface area contributed by atoms with Gasteiger partial charge in [0.15, 0.2) is 13.1 Å². The van der Waals surface area contributed by atoms with E-state index in [4.69, 9.17) is 21.4 Å². The second-order valence-corrected chi connectivity index (χ2v) is 15.8. The summed E-state index contributed by atoms with van der Waals surface area (Å²) in [7, 11) is -1.85. The molecule has 0 amide bonds. The molecule has 0 bridgehead atoms. The summed E-state index contributed by atoms with van der Waals surface area (Å²) in [6, 6.07) is 5.92. The molecule has 6 nitrogen and oxygen atoms in total. The molecule has 1 atom stereocenters. The van der Waals surface area contributed by atoms with Crippen LogP contribution in [0.2, 0.25) is 18.1 Å². The Labute approximate surface area is 204 Å². The minimum atomic E-state index is -1.85. The van der Waals surface area contributed by atoms with Crippen LogP contribution in [0, 0.1) is 18.6 Å².